The van der Waals surface area contributed by atoms with Crippen LogP contribution in [-0.4, -0.2) is 18.4 Å². The van der Waals surface area contributed by atoms with Crippen LogP contribution < -0.4 is 10.6 Å². The molecular formula is C14H18N2O2. The third kappa shape index (κ3) is 4.82. The van der Waals surface area contributed by atoms with E-state index in [0.717, 1.165) is 5.56 Å². The Morgan fingerprint density at radius 3 is 2.56 bits per heavy atom. The lowest BCUT2D eigenvalue weighted by atomic mass is 10.0. The van der Waals surface area contributed by atoms with E-state index in [1.165, 1.54) is 6.92 Å². The minimum absolute atomic E-state index is 0.113. The van der Waals surface area contributed by atoms with Crippen molar-refractivity contribution in [2.24, 2.45) is 0 Å². The number of rotatable bonds is 6. The number of carbonyl (C=O) groups excluding carboxylic acids is 2. The zero-order chi connectivity index (χ0) is 13.4. The van der Waals surface area contributed by atoms with Crippen molar-refractivity contribution in [1.82, 2.24) is 10.6 Å². The molecule has 1 rings (SSSR count). The predicted octanol–water partition coefficient (Wildman–Crippen LogP) is 1.56. The first-order valence-corrected chi connectivity index (χ1v) is 5.83. The highest BCUT2D eigenvalue weighted by Crippen LogP contribution is 2.16. The molecule has 2 N–H and O–H groups in total. The van der Waals surface area contributed by atoms with E-state index >= 15 is 0 Å². The minimum atomic E-state index is -0.298. The number of benzene rings is 1. The molecule has 2 amide bonds. The van der Waals surface area contributed by atoms with Gasteiger partial charge in [0.2, 0.25) is 11.8 Å². The standard InChI is InChI=1S/C14H18N2O2/c1-3-9-15-14(18)10-13(16-11(2)17)12-7-5-4-6-8-12/h3-8,13H,1,9-10H2,2H3,(H,15,18)(H,16,17)/t13-/m0/s1. The normalized spacial score (nSPS) is 11.4. The largest absolute Gasteiger partial charge is 0.353 e. The monoisotopic (exact) mass is 246 g/mol. The number of amides is 2. The first-order chi connectivity index (χ1) is 8.63. The van der Waals surface area contributed by atoms with Gasteiger partial charge in [-0.25, -0.2) is 0 Å². The summed E-state index contributed by atoms with van der Waals surface area (Å²) in [6.07, 6.45) is 1.84. The molecule has 0 fully saturated rings. The van der Waals surface area contributed by atoms with Crippen LogP contribution in [0.3, 0.4) is 0 Å². The number of nitrogens with one attached hydrogen (secondary N) is 2. The van der Waals surface area contributed by atoms with Gasteiger partial charge in [0.05, 0.1) is 12.5 Å². The molecule has 18 heavy (non-hydrogen) atoms. The average molecular weight is 246 g/mol. The van der Waals surface area contributed by atoms with Crippen LogP contribution in [0, 0.1) is 0 Å². The number of hydrogen-bond acceptors (Lipinski definition) is 2. The fraction of sp³-hybridized carbons (Fsp3) is 0.286. The van der Waals surface area contributed by atoms with Crippen LogP contribution in [0.4, 0.5) is 0 Å². The van der Waals surface area contributed by atoms with E-state index in [4.69, 9.17) is 0 Å². The Labute approximate surface area is 107 Å². The predicted molar refractivity (Wildman–Crippen MR) is 70.8 cm³/mol. The Kier molecular flexibility index (Phi) is 5.64. The summed E-state index contributed by atoms with van der Waals surface area (Å²) in [6, 6.07) is 9.14. The molecule has 1 aromatic rings. The average Bonchev–Trinajstić information content (AvgIpc) is 2.36. The summed E-state index contributed by atoms with van der Waals surface area (Å²) in [7, 11) is 0. The fourth-order valence-corrected chi connectivity index (χ4v) is 1.63. The molecule has 0 radical (unpaired) electrons. The van der Waals surface area contributed by atoms with Crippen LogP contribution in [0.5, 0.6) is 0 Å². The van der Waals surface area contributed by atoms with Gasteiger partial charge in [0.15, 0.2) is 0 Å². The Morgan fingerprint density at radius 1 is 1.33 bits per heavy atom. The van der Waals surface area contributed by atoms with Gasteiger partial charge in [0, 0.05) is 13.5 Å². The van der Waals surface area contributed by atoms with Gasteiger partial charge in [-0.1, -0.05) is 36.4 Å². The highest BCUT2D eigenvalue weighted by Gasteiger charge is 2.16. The highest BCUT2D eigenvalue weighted by atomic mass is 16.2. The Bertz CT molecular complexity index is 415. The van der Waals surface area contributed by atoms with Crippen molar-refractivity contribution in [3.8, 4) is 0 Å². The molecule has 0 aliphatic rings. The lowest BCUT2D eigenvalue weighted by Gasteiger charge is -2.17. The van der Waals surface area contributed by atoms with Gasteiger partial charge in [-0.3, -0.25) is 9.59 Å². The maximum absolute atomic E-state index is 11.7. The molecule has 4 heteroatoms. The minimum Gasteiger partial charge on any atom is -0.353 e. The van der Waals surface area contributed by atoms with Gasteiger partial charge < -0.3 is 10.6 Å². The smallest absolute Gasteiger partial charge is 0.222 e. The second kappa shape index (κ2) is 7.27. The van der Waals surface area contributed by atoms with E-state index in [2.05, 4.69) is 17.2 Å². The summed E-state index contributed by atoms with van der Waals surface area (Å²) in [5.41, 5.74) is 0.918. The molecule has 0 aromatic heterocycles. The van der Waals surface area contributed by atoms with Crippen molar-refractivity contribution in [2.75, 3.05) is 6.54 Å². The van der Waals surface area contributed by atoms with Crippen molar-refractivity contribution in [1.29, 1.82) is 0 Å². The van der Waals surface area contributed by atoms with Gasteiger partial charge in [0.25, 0.3) is 0 Å². The van der Waals surface area contributed by atoms with Crippen LogP contribution in [0.1, 0.15) is 24.9 Å². The molecule has 0 saturated carbocycles. The first-order valence-electron chi connectivity index (χ1n) is 5.83. The van der Waals surface area contributed by atoms with Gasteiger partial charge in [-0.2, -0.15) is 0 Å². The summed E-state index contributed by atoms with van der Waals surface area (Å²) in [6.45, 7) is 5.41. The third-order valence-electron chi connectivity index (χ3n) is 2.41. The summed E-state index contributed by atoms with van der Waals surface area (Å²) in [4.78, 5) is 22.8. The van der Waals surface area contributed by atoms with E-state index in [1.807, 2.05) is 30.3 Å². The molecule has 96 valence electrons. The summed E-state index contributed by atoms with van der Waals surface area (Å²) >= 11 is 0. The van der Waals surface area contributed by atoms with Crippen molar-refractivity contribution in [2.45, 2.75) is 19.4 Å². The maximum Gasteiger partial charge on any atom is 0.222 e. The molecule has 0 heterocycles. The Hall–Kier alpha value is -2.10. The Balaban J connectivity index is 2.70. The van der Waals surface area contributed by atoms with Crippen molar-refractivity contribution in [3.05, 3.63) is 48.6 Å². The summed E-state index contributed by atoms with van der Waals surface area (Å²) < 4.78 is 0. The van der Waals surface area contributed by atoms with E-state index in [9.17, 15) is 9.59 Å². The van der Waals surface area contributed by atoms with Crippen LogP contribution in [0.15, 0.2) is 43.0 Å². The molecule has 0 bridgehead atoms. The molecule has 1 atom stereocenters. The van der Waals surface area contributed by atoms with Crippen molar-refractivity contribution < 1.29 is 9.59 Å². The molecule has 0 spiro atoms. The van der Waals surface area contributed by atoms with Crippen LogP contribution in [-0.2, 0) is 9.59 Å². The zero-order valence-corrected chi connectivity index (χ0v) is 10.5. The Morgan fingerprint density at radius 2 is 2.00 bits per heavy atom. The van der Waals surface area contributed by atoms with Crippen molar-refractivity contribution >= 4 is 11.8 Å². The molecule has 0 aliphatic heterocycles. The first kappa shape index (κ1) is 14.0. The van der Waals surface area contributed by atoms with Gasteiger partial charge in [0.1, 0.15) is 0 Å². The SMILES string of the molecule is C=CCNC(=O)C[C@H](NC(C)=O)c1ccccc1. The van der Waals surface area contributed by atoms with Crippen LogP contribution in [0.25, 0.3) is 0 Å². The third-order valence-corrected chi connectivity index (χ3v) is 2.41. The number of hydrogen-bond donors (Lipinski definition) is 2. The van der Waals surface area contributed by atoms with Gasteiger partial charge >= 0.3 is 0 Å². The molecule has 0 unspecified atom stereocenters. The van der Waals surface area contributed by atoms with Crippen LogP contribution in [0.2, 0.25) is 0 Å². The quantitative estimate of drug-likeness (QED) is 0.748. The second-order valence-electron chi connectivity index (χ2n) is 3.96. The van der Waals surface area contributed by atoms with Gasteiger partial charge in [-0.05, 0) is 5.56 Å². The lowest BCUT2D eigenvalue weighted by molar-refractivity contribution is -0.122. The van der Waals surface area contributed by atoms with E-state index < -0.39 is 0 Å². The summed E-state index contributed by atoms with van der Waals surface area (Å²) in [5.74, 6) is -0.266. The van der Waals surface area contributed by atoms with Crippen molar-refractivity contribution in [3.63, 3.8) is 0 Å². The topological polar surface area (TPSA) is 58.2 Å². The zero-order valence-electron chi connectivity index (χ0n) is 10.5. The van der Waals surface area contributed by atoms with Gasteiger partial charge in [-0.15, -0.1) is 6.58 Å². The van der Waals surface area contributed by atoms with Crippen LogP contribution >= 0.6 is 0 Å². The molecular weight excluding hydrogens is 228 g/mol. The maximum atomic E-state index is 11.7. The number of carbonyl (C=O) groups is 2. The van der Waals surface area contributed by atoms with E-state index in [1.54, 1.807) is 6.08 Å². The molecule has 4 nitrogen and oxygen atoms in total. The molecule has 0 saturated heterocycles. The van der Waals surface area contributed by atoms with E-state index in [-0.39, 0.29) is 24.3 Å². The summed E-state index contributed by atoms with van der Waals surface area (Å²) in [5, 5.41) is 5.48. The highest BCUT2D eigenvalue weighted by molar-refractivity contribution is 5.79. The molecule has 0 aliphatic carbocycles. The second-order valence-corrected chi connectivity index (χ2v) is 3.96. The van der Waals surface area contributed by atoms with E-state index in [0.29, 0.717) is 6.54 Å². The fourth-order valence-electron chi connectivity index (χ4n) is 1.63. The lowest BCUT2D eigenvalue weighted by Crippen LogP contribution is -2.32. The molecule has 1 aromatic carbocycles.